The van der Waals surface area contributed by atoms with Crippen LogP contribution in [-0.4, -0.2) is 5.09 Å². The van der Waals surface area contributed by atoms with Crippen molar-refractivity contribution < 1.29 is 42.4 Å². The van der Waals surface area contributed by atoms with Crippen LogP contribution in [0.5, 0.6) is 11.5 Å². The monoisotopic (exact) mass is 418 g/mol. The topological polar surface area (TPSA) is 38.5 Å². The maximum Gasteiger partial charge on any atom is 0.489 e. The summed E-state index contributed by atoms with van der Waals surface area (Å²) in [6.45, 7) is 0. The van der Waals surface area contributed by atoms with Gasteiger partial charge in [0.2, 0.25) is 11.5 Å². The molecular formula is C12H10HgNO3+. The Bertz CT molecular complexity index is 418. The van der Waals surface area contributed by atoms with E-state index in [0.717, 1.165) is 0 Å². The maximum absolute atomic E-state index is 11.3. The fourth-order valence-electron chi connectivity index (χ4n) is 1.15. The normalized spacial score (nSPS) is 8.94. The molecule has 0 saturated heterocycles. The molecule has 5 heteroatoms. The van der Waals surface area contributed by atoms with Gasteiger partial charge in [-0.1, -0.05) is 36.4 Å². The Labute approximate surface area is 119 Å². The Kier molecular flexibility index (Phi) is 5.62. The summed E-state index contributed by atoms with van der Waals surface area (Å²) in [5.41, 5.74) is 0. The number of para-hydroxylation sites is 2. The molecule has 0 aliphatic carbocycles. The van der Waals surface area contributed by atoms with Crippen molar-refractivity contribution in [1.82, 2.24) is 0 Å². The van der Waals surface area contributed by atoms with Gasteiger partial charge in [0.1, 0.15) is 4.91 Å². The fraction of sp³-hybridized carbons (Fsp3) is 0. The number of rotatable bonds is 4. The smallest absolute Gasteiger partial charge is 0.145 e. The predicted octanol–water partition coefficient (Wildman–Crippen LogP) is 2.75. The standard InChI is InChI=1S/C12H10NO3.Hg/c14-13(15-11-7-3-1-4-8-11)16-12-9-5-2-6-10-12;/h1-10H;/q+1;. The van der Waals surface area contributed by atoms with Crippen molar-refractivity contribution in [3.8, 4) is 11.5 Å². The zero-order valence-corrected chi connectivity index (χ0v) is 14.7. The summed E-state index contributed by atoms with van der Waals surface area (Å²) in [5.74, 6) is 0.849. The van der Waals surface area contributed by atoms with E-state index >= 15 is 0 Å². The Hall–Kier alpha value is -1.42. The van der Waals surface area contributed by atoms with Crippen LogP contribution in [0.3, 0.4) is 0 Å². The molecule has 4 nitrogen and oxygen atoms in total. The van der Waals surface area contributed by atoms with Crippen molar-refractivity contribution in [3.63, 3.8) is 0 Å². The number of hydrogen-bond donors (Lipinski definition) is 0. The van der Waals surface area contributed by atoms with Gasteiger partial charge in [0.25, 0.3) is 0 Å². The molecule has 0 aliphatic rings. The molecule has 2 aromatic carbocycles. The van der Waals surface area contributed by atoms with Gasteiger partial charge in [-0.15, -0.1) is 9.68 Å². The van der Waals surface area contributed by atoms with Gasteiger partial charge in [0.05, 0.1) is 0 Å². The minimum absolute atomic E-state index is 0. The van der Waals surface area contributed by atoms with Gasteiger partial charge in [-0.3, -0.25) is 0 Å². The summed E-state index contributed by atoms with van der Waals surface area (Å²) < 4.78 is 0. The van der Waals surface area contributed by atoms with Gasteiger partial charge in [-0.05, 0) is 24.3 Å². The third-order valence-electron chi connectivity index (χ3n) is 1.85. The largest absolute Gasteiger partial charge is 0.489 e. The minimum Gasteiger partial charge on any atom is -0.145 e. The Balaban J connectivity index is 0.00000144. The molecule has 0 unspecified atom stereocenters. The molecule has 0 fully saturated rings. The van der Waals surface area contributed by atoms with E-state index in [4.69, 9.17) is 9.68 Å². The van der Waals surface area contributed by atoms with Gasteiger partial charge in [-0.25, -0.2) is 0 Å². The molecule has 0 radical (unpaired) electrons. The molecule has 0 heterocycles. The Morgan fingerprint density at radius 3 is 1.41 bits per heavy atom. The van der Waals surface area contributed by atoms with Crippen molar-refractivity contribution >= 4 is 0 Å². The van der Waals surface area contributed by atoms with E-state index in [9.17, 15) is 4.91 Å². The van der Waals surface area contributed by atoms with Crippen molar-refractivity contribution in [3.05, 3.63) is 65.6 Å². The summed E-state index contributed by atoms with van der Waals surface area (Å²) in [5, 5.41) is 0.0741. The van der Waals surface area contributed by atoms with Crippen LogP contribution in [-0.2, 0) is 27.7 Å². The third-order valence-corrected chi connectivity index (χ3v) is 1.85. The average molecular weight is 417 g/mol. The van der Waals surface area contributed by atoms with Crippen molar-refractivity contribution in [1.29, 1.82) is 0 Å². The molecule has 0 saturated carbocycles. The van der Waals surface area contributed by atoms with Crippen LogP contribution in [0.25, 0.3) is 0 Å². The van der Waals surface area contributed by atoms with Crippen LogP contribution in [0.4, 0.5) is 0 Å². The van der Waals surface area contributed by atoms with Gasteiger partial charge < -0.3 is 0 Å². The molecule has 82 valence electrons. The zero-order valence-electron chi connectivity index (χ0n) is 9.15. The zero-order chi connectivity index (χ0) is 11.2. The first-order valence-electron chi connectivity index (χ1n) is 4.78. The van der Waals surface area contributed by atoms with Crippen LogP contribution in [0.15, 0.2) is 60.7 Å². The summed E-state index contributed by atoms with van der Waals surface area (Å²) in [7, 11) is 0. The minimum atomic E-state index is 0. The van der Waals surface area contributed by atoms with Gasteiger partial charge in [-0.2, -0.15) is 0 Å². The quantitative estimate of drug-likeness (QED) is 0.568. The number of benzene rings is 2. The summed E-state index contributed by atoms with van der Waals surface area (Å²) in [6, 6.07) is 17.4. The molecular weight excluding hydrogens is 407 g/mol. The van der Waals surface area contributed by atoms with Crippen LogP contribution in [0.2, 0.25) is 0 Å². The Morgan fingerprint density at radius 2 is 1.06 bits per heavy atom. The van der Waals surface area contributed by atoms with Gasteiger partial charge in [0.15, 0.2) is 0 Å². The third kappa shape index (κ3) is 4.52. The molecule has 0 amide bonds. The second-order valence-corrected chi connectivity index (χ2v) is 3.03. The molecule has 0 atom stereocenters. The van der Waals surface area contributed by atoms with E-state index in [-0.39, 0.29) is 32.8 Å². The van der Waals surface area contributed by atoms with Crippen LogP contribution in [0.1, 0.15) is 0 Å². The van der Waals surface area contributed by atoms with Crippen molar-refractivity contribution in [2.45, 2.75) is 0 Å². The number of hydrogen-bond acceptors (Lipinski definition) is 3. The second kappa shape index (κ2) is 7.01. The van der Waals surface area contributed by atoms with Crippen LogP contribution in [0, 0.1) is 4.91 Å². The Morgan fingerprint density at radius 1 is 0.706 bits per heavy atom. The first-order chi connectivity index (χ1) is 7.84. The molecule has 0 aromatic heterocycles. The summed E-state index contributed by atoms with van der Waals surface area (Å²) >= 11 is 0. The fourth-order valence-corrected chi connectivity index (χ4v) is 1.15. The van der Waals surface area contributed by atoms with E-state index in [1.54, 1.807) is 48.5 Å². The number of nitrogens with zero attached hydrogens (tertiary/aromatic N) is 1. The van der Waals surface area contributed by atoms with Crippen LogP contribution >= 0.6 is 0 Å². The van der Waals surface area contributed by atoms with E-state index in [1.807, 2.05) is 12.1 Å². The molecule has 0 bridgehead atoms. The van der Waals surface area contributed by atoms with Crippen LogP contribution < -0.4 is 9.68 Å². The second-order valence-electron chi connectivity index (χ2n) is 3.03. The van der Waals surface area contributed by atoms with Gasteiger partial charge >= 0.3 is 5.09 Å². The summed E-state index contributed by atoms with van der Waals surface area (Å²) in [4.78, 5) is 21.0. The van der Waals surface area contributed by atoms with E-state index in [0.29, 0.717) is 11.5 Å². The predicted molar refractivity (Wildman–Crippen MR) is 57.8 cm³/mol. The van der Waals surface area contributed by atoms with Crippen molar-refractivity contribution in [2.75, 3.05) is 0 Å². The first kappa shape index (κ1) is 13.6. The molecule has 17 heavy (non-hydrogen) atoms. The van der Waals surface area contributed by atoms with Gasteiger partial charge in [0, 0.05) is 27.7 Å². The SMILES string of the molecule is O=[N+](Oc1ccccc1)Oc1ccccc1.[Hg]. The molecule has 0 N–H and O–H groups in total. The molecule has 2 rings (SSSR count). The molecule has 2 aromatic rings. The average Bonchev–Trinajstić information content (AvgIpc) is 2.31. The van der Waals surface area contributed by atoms with Crippen molar-refractivity contribution in [2.24, 2.45) is 0 Å². The van der Waals surface area contributed by atoms with E-state index in [1.165, 1.54) is 0 Å². The summed E-state index contributed by atoms with van der Waals surface area (Å²) in [6.07, 6.45) is 0. The molecule has 0 aliphatic heterocycles. The van der Waals surface area contributed by atoms with E-state index < -0.39 is 0 Å². The first-order valence-corrected chi connectivity index (χ1v) is 4.78. The molecule has 0 spiro atoms. The van der Waals surface area contributed by atoms with E-state index in [2.05, 4.69) is 0 Å². The maximum atomic E-state index is 11.3.